The minimum Gasteiger partial charge on any atom is -0.347 e. The van der Waals surface area contributed by atoms with Gasteiger partial charge in [-0.1, -0.05) is 23.9 Å². The molecule has 5 rings (SSSR count). The summed E-state index contributed by atoms with van der Waals surface area (Å²) in [6.45, 7) is 6.13. The van der Waals surface area contributed by atoms with Crippen LogP contribution in [0.5, 0.6) is 0 Å². The second kappa shape index (κ2) is 8.10. The van der Waals surface area contributed by atoms with Gasteiger partial charge >= 0.3 is 0 Å². The van der Waals surface area contributed by atoms with E-state index < -0.39 is 0 Å². The summed E-state index contributed by atoms with van der Waals surface area (Å²) in [7, 11) is 0. The fourth-order valence-electron chi connectivity index (χ4n) is 4.37. The minimum atomic E-state index is 0.0146. The number of hydrogen-bond donors (Lipinski definition) is 1. The number of ketones is 1. The molecule has 0 aliphatic carbocycles. The maximum absolute atomic E-state index is 12.8. The third kappa shape index (κ3) is 4.01. The number of amides is 1. The van der Waals surface area contributed by atoms with Gasteiger partial charge in [-0.2, -0.15) is 0 Å². The molecule has 3 aliphatic rings. The molecule has 2 bridgehead atoms. The molecule has 0 aromatic heterocycles. The highest BCUT2D eigenvalue weighted by Gasteiger charge is 2.40. The van der Waals surface area contributed by atoms with Gasteiger partial charge in [0, 0.05) is 33.0 Å². The summed E-state index contributed by atoms with van der Waals surface area (Å²) >= 11 is 1.59. The predicted octanol–water partition coefficient (Wildman–Crippen LogP) is 4.25. The highest BCUT2D eigenvalue weighted by molar-refractivity contribution is 7.99. The number of carbonyl (C=O) groups is 2. The Kier molecular flexibility index (Phi) is 5.56. The fourth-order valence-corrected chi connectivity index (χ4v) is 5.25. The molecule has 0 saturated carbocycles. The Morgan fingerprint density at radius 2 is 1.71 bits per heavy atom. The van der Waals surface area contributed by atoms with Crippen LogP contribution in [0.3, 0.4) is 0 Å². The second-order valence-corrected chi connectivity index (χ2v) is 8.97. The first-order chi connectivity index (χ1) is 13.5. The van der Waals surface area contributed by atoms with Crippen molar-refractivity contribution in [1.82, 2.24) is 10.2 Å². The lowest BCUT2D eigenvalue weighted by atomic mass is 9.79. The van der Waals surface area contributed by atoms with Gasteiger partial charge in [0.2, 0.25) is 0 Å². The molecule has 1 amide bonds. The van der Waals surface area contributed by atoms with Gasteiger partial charge in [-0.25, -0.2) is 0 Å². The highest BCUT2D eigenvalue weighted by atomic mass is 32.2. The summed E-state index contributed by atoms with van der Waals surface area (Å²) < 4.78 is 0. The van der Waals surface area contributed by atoms with E-state index in [-0.39, 0.29) is 17.7 Å². The van der Waals surface area contributed by atoms with Crippen molar-refractivity contribution in [1.29, 1.82) is 0 Å². The van der Waals surface area contributed by atoms with E-state index in [1.165, 1.54) is 12.8 Å². The Bertz CT molecular complexity index is 870. The van der Waals surface area contributed by atoms with E-state index >= 15 is 0 Å². The Morgan fingerprint density at radius 3 is 2.36 bits per heavy atom. The van der Waals surface area contributed by atoms with Gasteiger partial charge < -0.3 is 5.32 Å². The Labute approximate surface area is 170 Å². The van der Waals surface area contributed by atoms with Gasteiger partial charge in [0.25, 0.3) is 5.91 Å². The Hall–Kier alpha value is -2.11. The van der Waals surface area contributed by atoms with Gasteiger partial charge in [-0.3, -0.25) is 14.5 Å². The van der Waals surface area contributed by atoms with E-state index in [0.717, 1.165) is 22.9 Å². The molecule has 3 fully saturated rings. The molecule has 28 heavy (non-hydrogen) atoms. The zero-order valence-corrected chi connectivity index (χ0v) is 17.2. The quantitative estimate of drug-likeness (QED) is 0.770. The van der Waals surface area contributed by atoms with Crippen molar-refractivity contribution in [2.45, 2.75) is 48.6 Å². The van der Waals surface area contributed by atoms with Crippen molar-refractivity contribution >= 4 is 23.5 Å². The number of piperidine rings is 3. The van der Waals surface area contributed by atoms with Gasteiger partial charge in [0.05, 0.1) is 0 Å². The third-order valence-corrected chi connectivity index (χ3v) is 7.07. The van der Waals surface area contributed by atoms with Crippen molar-refractivity contribution in [2.24, 2.45) is 5.92 Å². The van der Waals surface area contributed by atoms with Gasteiger partial charge in [0.1, 0.15) is 0 Å². The molecule has 3 saturated heterocycles. The lowest BCUT2D eigenvalue weighted by Gasteiger charge is -2.49. The van der Waals surface area contributed by atoms with Crippen molar-refractivity contribution < 1.29 is 9.59 Å². The molecule has 5 heteroatoms. The van der Waals surface area contributed by atoms with Crippen LogP contribution in [0.2, 0.25) is 0 Å². The predicted molar refractivity (Wildman–Crippen MR) is 112 cm³/mol. The van der Waals surface area contributed by atoms with E-state index in [0.29, 0.717) is 23.1 Å². The molecule has 2 atom stereocenters. The lowest BCUT2D eigenvalue weighted by Crippen LogP contribution is -2.62. The van der Waals surface area contributed by atoms with Gasteiger partial charge in [-0.15, -0.1) is 0 Å². The van der Waals surface area contributed by atoms with E-state index in [4.69, 9.17) is 0 Å². The maximum atomic E-state index is 12.8. The Morgan fingerprint density at radius 1 is 1.00 bits per heavy atom. The first kappa shape index (κ1) is 19.2. The van der Waals surface area contributed by atoms with Crippen molar-refractivity contribution in [3.05, 3.63) is 59.7 Å². The molecular formula is C23H26N2O2S. The average Bonchev–Trinajstić information content (AvgIpc) is 2.71. The molecule has 2 aromatic carbocycles. The van der Waals surface area contributed by atoms with Crippen LogP contribution < -0.4 is 5.32 Å². The summed E-state index contributed by atoms with van der Waals surface area (Å²) in [6, 6.07) is 16.0. The average molecular weight is 395 g/mol. The third-order valence-electron chi connectivity index (χ3n) is 6.07. The molecule has 1 N–H and O–H groups in total. The van der Waals surface area contributed by atoms with E-state index in [1.807, 2.05) is 48.5 Å². The number of fused-ring (bicyclic) bond motifs is 3. The fraction of sp³-hybridized carbons (Fsp3) is 0.391. The number of nitrogens with one attached hydrogen (secondary N) is 1. The summed E-state index contributed by atoms with van der Waals surface area (Å²) in [5.41, 5.74) is 1.41. The van der Waals surface area contributed by atoms with Crippen LogP contribution >= 0.6 is 11.8 Å². The van der Waals surface area contributed by atoms with Crippen molar-refractivity contribution in [3.8, 4) is 0 Å². The normalized spacial score (nSPS) is 26.1. The lowest BCUT2D eigenvalue weighted by molar-refractivity contribution is 0.0217. The number of benzene rings is 2. The summed E-state index contributed by atoms with van der Waals surface area (Å²) in [4.78, 5) is 28.9. The van der Waals surface area contributed by atoms with Crippen LogP contribution in [-0.2, 0) is 0 Å². The molecular weight excluding hydrogens is 368 g/mol. The number of hydrogen-bond acceptors (Lipinski definition) is 4. The number of carbonyl (C=O) groups excluding carboxylic acids is 2. The van der Waals surface area contributed by atoms with Gasteiger partial charge in [-0.05, 0) is 82.1 Å². The first-order valence-electron chi connectivity index (χ1n) is 9.95. The van der Waals surface area contributed by atoms with Crippen molar-refractivity contribution in [3.63, 3.8) is 0 Å². The number of Topliss-reactive ketones (excluding diaryl/α,β-unsaturated/α-hetero) is 1. The van der Waals surface area contributed by atoms with E-state index in [2.05, 4.69) is 17.1 Å². The number of nitrogens with zero attached hydrogens (tertiary/aromatic N) is 1. The van der Waals surface area contributed by atoms with Crippen LogP contribution in [-0.4, -0.2) is 41.8 Å². The van der Waals surface area contributed by atoms with Crippen LogP contribution in [0, 0.1) is 5.92 Å². The van der Waals surface area contributed by atoms with E-state index in [1.54, 1.807) is 18.7 Å². The van der Waals surface area contributed by atoms with Crippen LogP contribution in [0.4, 0.5) is 0 Å². The molecule has 3 heterocycles. The number of rotatable bonds is 5. The molecule has 0 spiro atoms. The minimum absolute atomic E-state index is 0.0146. The monoisotopic (exact) mass is 394 g/mol. The van der Waals surface area contributed by atoms with E-state index in [9.17, 15) is 9.59 Å². The smallest absolute Gasteiger partial charge is 0.251 e. The van der Waals surface area contributed by atoms with Crippen molar-refractivity contribution in [2.75, 3.05) is 13.1 Å². The summed E-state index contributed by atoms with van der Waals surface area (Å²) in [6.07, 6.45) is 2.37. The van der Waals surface area contributed by atoms with Crippen LogP contribution in [0.25, 0.3) is 0 Å². The summed E-state index contributed by atoms with van der Waals surface area (Å²) in [5, 5.41) is 3.28. The molecule has 4 nitrogen and oxygen atoms in total. The molecule has 0 radical (unpaired) electrons. The zero-order valence-electron chi connectivity index (χ0n) is 16.4. The molecule has 146 valence electrons. The topological polar surface area (TPSA) is 49.4 Å². The highest BCUT2D eigenvalue weighted by Crippen LogP contribution is 2.32. The molecule has 3 aliphatic heterocycles. The standard InChI is InChI=1S/C23H26N2O2S/c1-15-22(17-10-12-25(15)13-11-17)24-23(27)18-6-8-20(9-7-18)28-21-5-3-4-19(14-21)16(2)26/h3-9,14-15,17,22H,10-13H2,1-2H3,(H,24,27). The van der Waals surface area contributed by atoms with Crippen LogP contribution in [0.1, 0.15) is 47.4 Å². The molecule has 2 aromatic rings. The second-order valence-electron chi connectivity index (χ2n) is 7.82. The zero-order chi connectivity index (χ0) is 19.7. The van der Waals surface area contributed by atoms with Gasteiger partial charge in [0.15, 0.2) is 5.78 Å². The maximum Gasteiger partial charge on any atom is 0.251 e. The SMILES string of the molecule is CC(=O)c1cccc(Sc2ccc(C(=O)NC3C4CCN(CC4)C3C)cc2)c1. The first-order valence-corrected chi connectivity index (χ1v) is 10.8. The largest absolute Gasteiger partial charge is 0.347 e. The summed E-state index contributed by atoms with van der Waals surface area (Å²) in [5.74, 6) is 0.685. The Balaban J connectivity index is 1.41. The van der Waals surface area contributed by atoms with Crippen LogP contribution in [0.15, 0.2) is 58.3 Å². The molecule has 2 unspecified atom stereocenters.